The molecule has 1 aromatic carbocycles. The summed E-state index contributed by atoms with van der Waals surface area (Å²) in [6, 6.07) is 9.59. The number of nitrogens with zero attached hydrogens (tertiary/aromatic N) is 3. The van der Waals surface area contributed by atoms with Crippen molar-refractivity contribution in [3.8, 4) is 5.69 Å². The second kappa shape index (κ2) is 8.75. The third-order valence-corrected chi connectivity index (χ3v) is 4.82. The standard InChI is InChI=1S/C21H25FN4O/c1-3-5-7-15(4-2)14-24-21(27)19-18-8-6-13-23-20(18)26(25-19)17-11-9-16(22)10-12-17/h6,8-13,15H,3-5,7,14H2,1-2H3,(H,24,27)/t15-/m0/s1. The number of hydrogen-bond acceptors (Lipinski definition) is 3. The highest BCUT2D eigenvalue weighted by Gasteiger charge is 2.19. The van der Waals surface area contributed by atoms with Gasteiger partial charge in [-0.05, 0) is 48.7 Å². The van der Waals surface area contributed by atoms with E-state index in [1.54, 1.807) is 29.1 Å². The molecule has 0 bridgehead atoms. The van der Waals surface area contributed by atoms with Crippen LogP contribution in [0.2, 0.25) is 0 Å². The molecule has 3 aromatic rings. The molecule has 27 heavy (non-hydrogen) atoms. The number of carbonyl (C=O) groups is 1. The summed E-state index contributed by atoms with van der Waals surface area (Å²) in [4.78, 5) is 17.1. The fraction of sp³-hybridized carbons (Fsp3) is 0.381. The molecule has 0 saturated carbocycles. The van der Waals surface area contributed by atoms with Gasteiger partial charge in [-0.3, -0.25) is 4.79 Å². The van der Waals surface area contributed by atoms with Crippen LogP contribution in [0.25, 0.3) is 16.7 Å². The molecule has 0 spiro atoms. The Kier molecular flexibility index (Phi) is 6.16. The molecule has 0 saturated heterocycles. The van der Waals surface area contributed by atoms with Crippen molar-refractivity contribution in [2.24, 2.45) is 5.92 Å². The van der Waals surface area contributed by atoms with Gasteiger partial charge in [-0.1, -0.05) is 33.1 Å². The molecule has 2 heterocycles. The smallest absolute Gasteiger partial charge is 0.272 e. The number of nitrogens with one attached hydrogen (secondary N) is 1. The highest BCUT2D eigenvalue weighted by atomic mass is 19.1. The van der Waals surface area contributed by atoms with E-state index in [1.807, 2.05) is 6.07 Å². The first-order valence-electron chi connectivity index (χ1n) is 9.51. The van der Waals surface area contributed by atoms with Crippen LogP contribution in [0.4, 0.5) is 4.39 Å². The van der Waals surface area contributed by atoms with Crippen molar-refractivity contribution in [1.82, 2.24) is 20.1 Å². The van der Waals surface area contributed by atoms with Crippen molar-refractivity contribution in [1.29, 1.82) is 0 Å². The van der Waals surface area contributed by atoms with Crippen LogP contribution in [-0.2, 0) is 0 Å². The zero-order chi connectivity index (χ0) is 19.2. The number of carbonyl (C=O) groups excluding carboxylic acids is 1. The van der Waals surface area contributed by atoms with E-state index in [0.29, 0.717) is 34.9 Å². The molecule has 0 aliphatic rings. The van der Waals surface area contributed by atoms with E-state index in [4.69, 9.17) is 0 Å². The van der Waals surface area contributed by atoms with Gasteiger partial charge in [0.25, 0.3) is 5.91 Å². The van der Waals surface area contributed by atoms with Gasteiger partial charge in [0.1, 0.15) is 5.82 Å². The second-order valence-corrected chi connectivity index (χ2v) is 6.74. The van der Waals surface area contributed by atoms with Crippen LogP contribution in [0.3, 0.4) is 0 Å². The van der Waals surface area contributed by atoms with Crippen molar-refractivity contribution in [3.05, 3.63) is 54.1 Å². The molecule has 1 amide bonds. The minimum Gasteiger partial charge on any atom is -0.350 e. The fourth-order valence-corrected chi connectivity index (χ4v) is 3.15. The van der Waals surface area contributed by atoms with Gasteiger partial charge >= 0.3 is 0 Å². The van der Waals surface area contributed by atoms with Crippen LogP contribution < -0.4 is 5.32 Å². The van der Waals surface area contributed by atoms with Gasteiger partial charge in [-0.2, -0.15) is 5.10 Å². The highest BCUT2D eigenvalue weighted by molar-refractivity contribution is 6.04. The Morgan fingerprint density at radius 3 is 2.70 bits per heavy atom. The average Bonchev–Trinajstić information content (AvgIpc) is 3.08. The molecule has 0 fully saturated rings. The van der Waals surface area contributed by atoms with Gasteiger partial charge < -0.3 is 5.32 Å². The topological polar surface area (TPSA) is 59.8 Å². The first-order chi connectivity index (χ1) is 13.1. The van der Waals surface area contributed by atoms with Crippen molar-refractivity contribution in [3.63, 3.8) is 0 Å². The number of hydrogen-bond donors (Lipinski definition) is 1. The molecular weight excluding hydrogens is 343 g/mol. The largest absolute Gasteiger partial charge is 0.350 e. The lowest BCUT2D eigenvalue weighted by Crippen LogP contribution is -2.29. The first-order valence-corrected chi connectivity index (χ1v) is 9.51. The number of aromatic nitrogens is 3. The Morgan fingerprint density at radius 2 is 2.00 bits per heavy atom. The van der Waals surface area contributed by atoms with E-state index in [0.717, 1.165) is 19.3 Å². The average molecular weight is 368 g/mol. The van der Waals surface area contributed by atoms with E-state index >= 15 is 0 Å². The van der Waals surface area contributed by atoms with E-state index in [2.05, 4.69) is 29.2 Å². The fourth-order valence-electron chi connectivity index (χ4n) is 3.15. The summed E-state index contributed by atoms with van der Waals surface area (Å²) in [5.74, 6) is -0.0555. The Morgan fingerprint density at radius 1 is 1.22 bits per heavy atom. The number of benzene rings is 1. The molecule has 0 aliphatic carbocycles. The summed E-state index contributed by atoms with van der Waals surface area (Å²) in [7, 11) is 0. The van der Waals surface area contributed by atoms with Crippen molar-refractivity contribution in [2.45, 2.75) is 39.5 Å². The lowest BCUT2D eigenvalue weighted by atomic mass is 9.99. The van der Waals surface area contributed by atoms with Crippen LogP contribution >= 0.6 is 0 Å². The molecule has 5 nitrogen and oxygen atoms in total. The molecular formula is C21H25FN4O. The van der Waals surface area contributed by atoms with Gasteiger partial charge in [0, 0.05) is 12.7 Å². The van der Waals surface area contributed by atoms with Gasteiger partial charge in [0.05, 0.1) is 11.1 Å². The van der Waals surface area contributed by atoms with Crippen molar-refractivity contribution >= 4 is 16.9 Å². The summed E-state index contributed by atoms with van der Waals surface area (Å²) in [5, 5.41) is 8.18. The second-order valence-electron chi connectivity index (χ2n) is 6.74. The maximum Gasteiger partial charge on any atom is 0.272 e. The van der Waals surface area contributed by atoms with Crippen LogP contribution in [0.1, 0.15) is 50.0 Å². The predicted octanol–water partition coefficient (Wildman–Crippen LogP) is 4.51. The summed E-state index contributed by atoms with van der Waals surface area (Å²) in [5.41, 5.74) is 1.58. The van der Waals surface area contributed by atoms with Crippen LogP contribution in [0.5, 0.6) is 0 Å². The van der Waals surface area contributed by atoms with Gasteiger partial charge in [0.2, 0.25) is 0 Å². The predicted molar refractivity (Wildman–Crippen MR) is 104 cm³/mol. The molecule has 6 heteroatoms. The van der Waals surface area contributed by atoms with Gasteiger partial charge in [-0.25, -0.2) is 14.1 Å². The van der Waals surface area contributed by atoms with Crippen LogP contribution in [0, 0.1) is 11.7 Å². The Labute approximate surface area is 158 Å². The number of amides is 1. The maximum absolute atomic E-state index is 13.2. The van der Waals surface area contributed by atoms with Crippen molar-refractivity contribution in [2.75, 3.05) is 6.54 Å². The minimum absolute atomic E-state index is 0.205. The number of halogens is 1. The lowest BCUT2D eigenvalue weighted by Gasteiger charge is -2.14. The zero-order valence-electron chi connectivity index (χ0n) is 15.8. The molecule has 1 N–H and O–H groups in total. The molecule has 1 atom stereocenters. The summed E-state index contributed by atoms with van der Waals surface area (Å²) < 4.78 is 14.8. The Balaban J connectivity index is 1.86. The summed E-state index contributed by atoms with van der Waals surface area (Å²) in [6.45, 7) is 4.96. The molecule has 0 aliphatic heterocycles. The van der Waals surface area contributed by atoms with Gasteiger partial charge in [-0.15, -0.1) is 0 Å². The van der Waals surface area contributed by atoms with E-state index in [1.165, 1.54) is 18.6 Å². The monoisotopic (exact) mass is 368 g/mol. The van der Waals surface area contributed by atoms with Crippen molar-refractivity contribution < 1.29 is 9.18 Å². The SMILES string of the molecule is CCCC[C@H](CC)CNC(=O)c1nn(-c2ccc(F)cc2)c2ncccc12. The number of pyridine rings is 1. The maximum atomic E-state index is 13.2. The molecule has 3 rings (SSSR count). The number of rotatable bonds is 8. The minimum atomic E-state index is -0.321. The molecule has 0 unspecified atom stereocenters. The quantitative estimate of drug-likeness (QED) is 0.636. The van der Waals surface area contributed by atoms with Crippen LogP contribution in [-0.4, -0.2) is 27.2 Å². The highest BCUT2D eigenvalue weighted by Crippen LogP contribution is 2.21. The normalized spacial score (nSPS) is 12.3. The van der Waals surface area contributed by atoms with E-state index < -0.39 is 0 Å². The molecule has 2 aromatic heterocycles. The van der Waals surface area contributed by atoms with E-state index in [9.17, 15) is 9.18 Å². The van der Waals surface area contributed by atoms with Crippen LogP contribution in [0.15, 0.2) is 42.6 Å². The first kappa shape index (κ1) is 19.0. The third-order valence-electron chi connectivity index (χ3n) is 4.82. The molecule has 0 radical (unpaired) electrons. The zero-order valence-corrected chi connectivity index (χ0v) is 15.8. The summed E-state index contributed by atoms with van der Waals surface area (Å²) >= 11 is 0. The Bertz CT molecular complexity index is 904. The summed E-state index contributed by atoms with van der Waals surface area (Å²) in [6.07, 6.45) is 6.12. The van der Waals surface area contributed by atoms with E-state index in [-0.39, 0.29) is 11.7 Å². The molecule has 142 valence electrons. The number of fused-ring (bicyclic) bond motifs is 1. The Hall–Kier alpha value is -2.76. The van der Waals surface area contributed by atoms with Gasteiger partial charge in [0.15, 0.2) is 11.3 Å². The lowest BCUT2D eigenvalue weighted by molar-refractivity contribution is 0.0942. The number of unbranched alkanes of at least 4 members (excludes halogenated alkanes) is 1. The third kappa shape index (κ3) is 4.32.